The smallest absolute Gasteiger partial charge is 0.00489 e. The number of hydrogen-bond acceptors (Lipinski definition) is 2. The second kappa shape index (κ2) is 16.9. The van der Waals surface area contributed by atoms with E-state index in [0.717, 1.165) is 6.54 Å². The van der Waals surface area contributed by atoms with Gasteiger partial charge in [0.2, 0.25) is 0 Å². The summed E-state index contributed by atoms with van der Waals surface area (Å²) < 4.78 is 0. The van der Waals surface area contributed by atoms with Gasteiger partial charge in [-0.25, -0.2) is 0 Å². The minimum absolute atomic E-state index is 0.861. The van der Waals surface area contributed by atoms with Gasteiger partial charge in [-0.3, -0.25) is 0 Å². The number of nitrogens with one attached hydrogen (secondary N) is 1. The molecule has 18 heavy (non-hydrogen) atoms. The van der Waals surface area contributed by atoms with Crippen LogP contribution in [0.2, 0.25) is 0 Å². The van der Waals surface area contributed by atoms with Crippen LogP contribution in [-0.4, -0.2) is 19.6 Å². The predicted octanol–water partition coefficient (Wildman–Crippen LogP) is 4.24. The van der Waals surface area contributed by atoms with Gasteiger partial charge in [-0.05, 0) is 38.9 Å². The molecule has 0 aliphatic heterocycles. The molecule has 110 valence electrons. The molecule has 2 nitrogen and oxygen atoms in total. The van der Waals surface area contributed by atoms with Crippen molar-refractivity contribution in [3.8, 4) is 0 Å². The SMILES string of the molecule is CCCCCCCCNCCCCCCCCN. The fraction of sp³-hybridized carbons (Fsp3) is 1.00. The molecule has 0 aromatic heterocycles. The fourth-order valence-corrected chi connectivity index (χ4v) is 2.26. The summed E-state index contributed by atoms with van der Waals surface area (Å²) in [4.78, 5) is 0. The maximum atomic E-state index is 5.47. The molecule has 0 saturated carbocycles. The van der Waals surface area contributed by atoms with Crippen molar-refractivity contribution in [1.82, 2.24) is 5.32 Å². The van der Waals surface area contributed by atoms with Gasteiger partial charge in [-0.15, -0.1) is 0 Å². The minimum atomic E-state index is 0.861. The van der Waals surface area contributed by atoms with Crippen molar-refractivity contribution >= 4 is 0 Å². The van der Waals surface area contributed by atoms with Gasteiger partial charge < -0.3 is 11.1 Å². The van der Waals surface area contributed by atoms with Crippen LogP contribution in [0.4, 0.5) is 0 Å². The van der Waals surface area contributed by atoms with E-state index in [0.29, 0.717) is 0 Å². The Hall–Kier alpha value is -0.0800. The summed E-state index contributed by atoms with van der Waals surface area (Å²) in [5.41, 5.74) is 5.47. The average molecular weight is 256 g/mol. The third-order valence-corrected chi connectivity index (χ3v) is 3.51. The van der Waals surface area contributed by atoms with Crippen LogP contribution in [0.25, 0.3) is 0 Å². The van der Waals surface area contributed by atoms with Crippen LogP contribution in [0.3, 0.4) is 0 Å². The lowest BCUT2D eigenvalue weighted by Gasteiger charge is -2.05. The van der Waals surface area contributed by atoms with E-state index < -0.39 is 0 Å². The van der Waals surface area contributed by atoms with Crippen molar-refractivity contribution in [2.75, 3.05) is 19.6 Å². The molecule has 0 fully saturated rings. The Morgan fingerprint density at radius 2 is 1.06 bits per heavy atom. The first-order chi connectivity index (χ1) is 8.91. The summed E-state index contributed by atoms with van der Waals surface area (Å²) >= 11 is 0. The molecule has 0 aromatic rings. The summed E-state index contributed by atoms with van der Waals surface area (Å²) in [6.45, 7) is 5.57. The average Bonchev–Trinajstić information content (AvgIpc) is 2.39. The highest BCUT2D eigenvalue weighted by Gasteiger charge is 1.92. The predicted molar refractivity (Wildman–Crippen MR) is 83.0 cm³/mol. The third-order valence-electron chi connectivity index (χ3n) is 3.51. The van der Waals surface area contributed by atoms with E-state index in [1.54, 1.807) is 0 Å². The van der Waals surface area contributed by atoms with Crippen LogP contribution < -0.4 is 11.1 Å². The maximum Gasteiger partial charge on any atom is -0.00489 e. The highest BCUT2D eigenvalue weighted by Crippen LogP contribution is 2.05. The number of unbranched alkanes of at least 4 members (excludes halogenated alkanes) is 10. The first-order valence-electron chi connectivity index (χ1n) is 8.32. The normalized spacial score (nSPS) is 11.0. The summed E-state index contributed by atoms with van der Waals surface area (Å²) in [6.07, 6.45) is 16.4. The molecule has 0 radical (unpaired) electrons. The molecular formula is C16H36N2. The van der Waals surface area contributed by atoms with Gasteiger partial charge >= 0.3 is 0 Å². The highest BCUT2D eigenvalue weighted by atomic mass is 14.8. The van der Waals surface area contributed by atoms with Gasteiger partial charge in [0, 0.05) is 0 Å². The van der Waals surface area contributed by atoms with Gasteiger partial charge in [0.1, 0.15) is 0 Å². The Labute approximate surface area is 115 Å². The third kappa shape index (κ3) is 15.9. The molecule has 3 N–H and O–H groups in total. The summed E-state index contributed by atoms with van der Waals surface area (Å²) in [5, 5.41) is 3.56. The minimum Gasteiger partial charge on any atom is -0.330 e. The first-order valence-corrected chi connectivity index (χ1v) is 8.32. The van der Waals surface area contributed by atoms with E-state index in [1.165, 1.54) is 90.1 Å². The first kappa shape index (κ1) is 17.9. The molecule has 0 bridgehead atoms. The molecule has 2 heteroatoms. The topological polar surface area (TPSA) is 38.0 Å². The molecule has 0 heterocycles. The van der Waals surface area contributed by atoms with Crippen molar-refractivity contribution < 1.29 is 0 Å². The molecule has 0 aromatic carbocycles. The Bertz CT molecular complexity index is 121. The van der Waals surface area contributed by atoms with Crippen LogP contribution in [0.1, 0.15) is 84.0 Å². The molecule has 0 spiro atoms. The summed E-state index contributed by atoms with van der Waals surface area (Å²) in [5.74, 6) is 0. The second-order valence-electron chi connectivity index (χ2n) is 5.43. The zero-order valence-corrected chi connectivity index (χ0v) is 12.7. The van der Waals surface area contributed by atoms with E-state index in [4.69, 9.17) is 5.73 Å². The lowest BCUT2D eigenvalue weighted by Crippen LogP contribution is -2.16. The van der Waals surface area contributed by atoms with Gasteiger partial charge in [0.15, 0.2) is 0 Å². The highest BCUT2D eigenvalue weighted by molar-refractivity contribution is 4.51. The van der Waals surface area contributed by atoms with Crippen molar-refractivity contribution in [3.05, 3.63) is 0 Å². The summed E-state index contributed by atoms with van der Waals surface area (Å²) in [7, 11) is 0. The van der Waals surface area contributed by atoms with Gasteiger partial charge in [-0.2, -0.15) is 0 Å². The molecule has 0 aliphatic rings. The molecule has 0 aliphatic carbocycles. The Kier molecular flexibility index (Phi) is 16.8. The van der Waals surface area contributed by atoms with E-state index in [9.17, 15) is 0 Å². The largest absolute Gasteiger partial charge is 0.330 e. The van der Waals surface area contributed by atoms with E-state index in [-0.39, 0.29) is 0 Å². The van der Waals surface area contributed by atoms with Crippen molar-refractivity contribution in [2.24, 2.45) is 5.73 Å². The standard InChI is InChI=1S/C16H36N2/c1-2-3-4-5-9-12-15-18-16-13-10-7-6-8-11-14-17/h18H,2-17H2,1H3. The lowest BCUT2D eigenvalue weighted by atomic mass is 10.1. The maximum absolute atomic E-state index is 5.47. The fourth-order valence-electron chi connectivity index (χ4n) is 2.26. The van der Waals surface area contributed by atoms with E-state index in [2.05, 4.69) is 12.2 Å². The Morgan fingerprint density at radius 3 is 1.56 bits per heavy atom. The van der Waals surface area contributed by atoms with Crippen molar-refractivity contribution in [2.45, 2.75) is 84.0 Å². The van der Waals surface area contributed by atoms with Crippen LogP contribution >= 0.6 is 0 Å². The van der Waals surface area contributed by atoms with Gasteiger partial charge in [0.05, 0.1) is 0 Å². The van der Waals surface area contributed by atoms with Crippen molar-refractivity contribution in [1.29, 1.82) is 0 Å². The molecule has 0 unspecified atom stereocenters. The van der Waals surface area contributed by atoms with E-state index >= 15 is 0 Å². The van der Waals surface area contributed by atoms with Crippen LogP contribution in [-0.2, 0) is 0 Å². The van der Waals surface area contributed by atoms with Crippen LogP contribution in [0, 0.1) is 0 Å². The van der Waals surface area contributed by atoms with Gasteiger partial charge in [0.25, 0.3) is 0 Å². The molecule has 0 saturated heterocycles. The molecule has 0 amide bonds. The molecule has 0 atom stereocenters. The lowest BCUT2D eigenvalue weighted by molar-refractivity contribution is 0.542. The quantitative estimate of drug-likeness (QED) is 0.430. The Balaban J connectivity index is 2.86. The molecule has 0 rings (SSSR count). The zero-order valence-electron chi connectivity index (χ0n) is 12.7. The van der Waals surface area contributed by atoms with Crippen LogP contribution in [0.5, 0.6) is 0 Å². The van der Waals surface area contributed by atoms with Gasteiger partial charge in [-0.1, -0.05) is 64.7 Å². The van der Waals surface area contributed by atoms with E-state index in [1.807, 2.05) is 0 Å². The molecular weight excluding hydrogens is 220 g/mol. The Morgan fingerprint density at radius 1 is 0.611 bits per heavy atom. The number of rotatable bonds is 15. The second-order valence-corrected chi connectivity index (χ2v) is 5.43. The number of hydrogen-bond donors (Lipinski definition) is 2. The zero-order chi connectivity index (χ0) is 13.3. The van der Waals surface area contributed by atoms with Crippen molar-refractivity contribution in [3.63, 3.8) is 0 Å². The number of nitrogens with two attached hydrogens (primary N) is 1. The monoisotopic (exact) mass is 256 g/mol. The summed E-state index contributed by atoms with van der Waals surface area (Å²) in [6, 6.07) is 0. The van der Waals surface area contributed by atoms with Crippen LogP contribution in [0.15, 0.2) is 0 Å².